The molecule has 1 saturated carbocycles. The molecule has 0 radical (unpaired) electrons. The van der Waals surface area contributed by atoms with E-state index in [1.807, 2.05) is 0 Å². The molecular formula is C13H22O. The first kappa shape index (κ1) is 11.5. The van der Waals surface area contributed by atoms with E-state index in [-0.39, 0.29) is 5.41 Å². The Kier molecular flexibility index (Phi) is 3.18. The molecule has 0 aromatic heterocycles. The molecule has 80 valence electrons. The molecule has 1 nitrogen and oxygen atoms in total. The van der Waals surface area contributed by atoms with E-state index in [0.29, 0.717) is 24.0 Å². The molecule has 0 unspecified atom stereocenters. The van der Waals surface area contributed by atoms with Crippen molar-refractivity contribution in [3.63, 3.8) is 0 Å². The van der Waals surface area contributed by atoms with Gasteiger partial charge >= 0.3 is 0 Å². The van der Waals surface area contributed by atoms with Gasteiger partial charge in [0.1, 0.15) is 5.78 Å². The van der Waals surface area contributed by atoms with Crippen LogP contribution in [-0.2, 0) is 4.79 Å². The number of hydrogen-bond donors (Lipinski definition) is 0. The molecule has 0 N–H and O–H groups in total. The lowest BCUT2D eigenvalue weighted by molar-refractivity contribution is -0.124. The highest BCUT2D eigenvalue weighted by molar-refractivity contribution is 5.82. The van der Waals surface area contributed by atoms with Crippen molar-refractivity contribution >= 4 is 5.78 Å². The second kappa shape index (κ2) is 3.88. The Bertz CT molecular complexity index is 222. The second-order valence-corrected chi connectivity index (χ2v) is 5.36. The minimum Gasteiger partial charge on any atom is -0.299 e. The number of rotatable bonds is 2. The van der Waals surface area contributed by atoms with Crippen molar-refractivity contribution in [1.82, 2.24) is 0 Å². The third kappa shape index (κ3) is 1.92. The van der Waals surface area contributed by atoms with Gasteiger partial charge in [0.25, 0.3) is 0 Å². The second-order valence-electron chi connectivity index (χ2n) is 5.36. The number of allylic oxidation sites excluding steroid dienone is 1. The van der Waals surface area contributed by atoms with E-state index < -0.39 is 0 Å². The monoisotopic (exact) mass is 194 g/mol. The summed E-state index contributed by atoms with van der Waals surface area (Å²) < 4.78 is 0. The zero-order chi connectivity index (χ0) is 10.9. The fourth-order valence-corrected chi connectivity index (χ4v) is 2.78. The molecule has 0 aliphatic heterocycles. The minimum absolute atomic E-state index is 0.173. The average Bonchev–Trinajstić information content (AvgIpc) is 2.01. The van der Waals surface area contributed by atoms with Gasteiger partial charge < -0.3 is 0 Å². The fourth-order valence-electron chi connectivity index (χ4n) is 2.78. The maximum atomic E-state index is 11.6. The van der Waals surface area contributed by atoms with E-state index in [1.165, 1.54) is 0 Å². The quantitative estimate of drug-likeness (QED) is 0.614. The fraction of sp³-hybridized carbons (Fsp3) is 0.769. The van der Waals surface area contributed by atoms with Crippen molar-refractivity contribution in [3.8, 4) is 0 Å². The van der Waals surface area contributed by atoms with Gasteiger partial charge in [-0.25, -0.2) is 0 Å². The summed E-state index contributed by atoms with van der Waals surface area (Å²) in [5.41, 5.74) is 1.30. The van der Waals surface area contributed by atoms with E-state index >= 15 is 0 Å². The molecule has 0 aromatic rings. The van der Waals surface area contributed by atoms with E-state index in [2.05, 4.69) is 34.3 Å². The molecule has 1 heteroatoms. The topological polar surface area (TPSA) is 17.1 Å². The van der Waals surface area contributed by atoms with Gasteiger partial charge in [-0.3, -0.25) is 4.79 Å². The van der Waals surface area contributed by atoms with Gasteiger partial charge in [0, 0.05) is 12.8 Å². The van der Waals surface area contributed by atoms with Crippen molar-refractivity contribution in [2.75, 3.05) is 0 Å². The van der Waals surface area contributed by atoms with Crippen LogP contribution < -0.4 is 0 Å². The molecular weight excluding hydrogens is 172 g/mol. The summed E-state index contributed by atoms with van der Waals surface area (Å²) in [6.45, 7) is 12.9. The highest BCUT2D eigenvalue weighted by atomic mass is 16.1. The van der Waals surface area contributed by atoms with Crippen molar-refractivity contribution in [2.45, 2.75) is 47.0 Å². The van der Waals surface area contributed by atoms with Crippen LogP contribution in [0, 0.1) is 17.3 Å². The number of carbonyl (C=O) groups excluding carboxylic acids is 1. The summed E-state index contributed by atoms with van der Waals surface area (Å²) >= 11 is 0. The first-order valence-corrected chi connectivity index (χ1v) is 5.57. The third-order valence-electron chi connectivity index (χ3n) is 3.85. The van der Waals surface area contributed by atoms with Crippen LogP contribution in [0.3, 0.4) is 0 Å². The Hall–Kier alpha value is -0.590. The Morgan fingerprint density at radius 3 is 2.00 bits per heavy atom. The summed E-state index contributed by atoms with van der Waals surface area (Å²) in [4.78, 5) is 11.6. The number of Topliss-reactive ketones (excluding diaryl/α,β-unsaturated/α-hetero) is 1. The third-order valence-corrected chi connectivity index (χ3v) is 3.85. The molecule has 0 bridgehead atoms. The molecule has 1 fully saturated rings. The molecule has 0 atom stereocenters. The van der Waals surface area contributed by atoms with E-state index in [1.54, 1.807) is 0 Å². The zero-order valence-electron chi connectivity index (χ0n) is 9.89. The van der Waals surface area contributed by atoms with Gasteiger partial charge in [-0.15, -0.1) is 0 Å². The van der Waals surface area contributed by atoms with Gasteiger partial charge in [-0.2, -0.15) is 0 Å². The average molecular weight is 194 g/mol. The minimum atomic E-state index is 0.173. The van der Waals surface area contributed by atoms with Gasteiger partial charge in [0.2, 0.25) is 0 Å². The Morgan fingerprint density at radius 1 is 1.14 bits per heavy atom. The molecule has 0 saturated heterocycles. The number of hydrogen-bond acceptors (Lipinski definition) is 1. The van der Waals surface area contributed by atoms with Crippen LogP contribution in [-0.4, -0.2) is 5.78 Å². The summed E-state index contributed by atoms with van der Waals surface area (Å²) in [7, 11) is 0. The van der Waals surface area contributed by atoms with E-state index in [9.17, 15) is 4.79 Å². The number of carbonyl (C=O) groups is 1. The summed E-state index contributed by atoms with van der Waals surface area (Å²) in [6.07, 6.45) is 2.40. The first-order valence-electron chi connectivity index (χ1n) is 5.57. The van der Waals surface area contributed by atoms with Crippen molar-refractivity contribution in [3.05, 3.63) is 12.2 Å². The van der Waals surface area contributed by atoms with Crippen LogP contribution in [0.4, 0.5) is 0 Å². The lowest BCUT2D eigenvalue weighted by Gasteiger charge is -2.44. The van der Waals surface area contributed by atoms with Crippen molar-refractivity contribution in [2.24, 2.45) is 17.3 Å². The molecule has 0 aromatic carbocycles. The molecule has 0 amide bonds. The smallest absolute Gasteiger partial charge is 0.137 e. The molecule has 1 rings (SSSR count). The summed E-state index contributed by atoms with van der Waals surface area (Å²) in [5, 5.41) is 0. The predicted octanol–water partition coefficient (Wildman–Crippen LogP) is 3.59. The lowest BCUT2D eigenvalue weighted by Crippen LogP contribution is -2.39. The molecule has 0 heterocycles. The Balaban J connectivity index is 2.97. The lowest BCUT2D eigenvalue weighted by atomic mass is 9.60. The molecule has 0 spiro atoms. The summed E-state index contributed by atoms with van der Waals surface area (Å²) in [5.74, 6) is 1.50. The Labute approximate surface area is 87.6 Å². The maximum absolute atomic E-state index is 11.6. The van der Waals surface area contributed by atoms with Crippen LogP contribution in [0.25, 0.3) is 0 Å². The highest BCUT2D eigenvalue weighted by Gasteiger charge is 2.41. The van der Waals surface area contributed by atoms with E-state index in [4.69, 9.17) is 0 Å². The molecule has 1 aliphatic rings. The Morgan fingerprint density at radius 2 is 1.64 bits per heavy atom. The van der Waals surface area contributed by atoms with Crippen molar-refractivity contribution < 1.29 is 4.79 Å². The SMILES string of the molecule is C=C1CC(=O)CC(C(C)C)(C(C)C)C1. The maximum Gasteiger partial charge on any atom is 0.137 e. The highest BCUT2D eigenvalue weighted by Crippen LogP contribution is 2.48. The predicted molar refractivity (Wildman–Crippen MR) is 60.1 cm³/mol. The van der Waals surface area contributed by atoms with E-state index in [0.717, 1.165) is 18.4 Å². The molecule has 14 heavy (non-hydrogen) atoms. The standard InChI is InChI=1S/C13H22O/c1-9(2)13(10(3)4)7-11(5)6-12(14)8-13/h9-10H,5-8H2,1-4H3. The number of ketones is 1. The largest absolute Gasteiger partial charge is 0.299 e. The van der Waals surface area contributed by atoms with Crippen LogP contribution in [0.15, 0.2) is 12.2 Å². The normalized spacial score (nSPS) is 22.1. The first-order chi connectivity index (χ1) is 6.38. The van der Waals surface area contributed by atoms with Crippen LogP contribution >= 0.6 is 0 Å². The summed E-state index contributed by atoms with van der Waals surface area (Å²) in [6, 6.07) is 0. The van der Waals surface area contributed by atoms with Crippen LogP contribution in [0.5, 0.6) is 0 Å². The van der Waals surface area contributed by atoms with Gasteiger partial charge in [-0.1, -0.05) is 39.8 Å². The van der Waals surface area contributed by atoms with Crippen LogP contribution in [0.1, 0.15) is 47.0 Å². The van der Waals surface area contributed by atoms with Gasteiger partial charge in [-0.05, 0) is 23.7 Å². The van der Waals surface area contributed by atoms with Crippen molar-refractivity contribution in [1.29, 1.82) is 0 Å². The molecule has 1 aliphatic carbocycles. The zero-order valence-corrected chi connectivity index (χ0v) is 9.89. The van der Waals surface area contributed by atoms with Gasteiger partial charge in [0.05, 0.1) is 0 Å². The van der Waals surface area contributed by atoms with Crippen LogP contribution in [0.2, 0.25) is 0 Å². The van der Waals surface area contributed by atoms with Gasteiger partial charge in [0.15, 0.2) is 0 Å².